The predicted octanol–water partition coefficient (Wildman–Crippen LogP) is 1.75. The van der Waals surface area contributed by atoms with Gasteiger partial charge in [-0.3, -0.25) is 0 Å². The maximum absolute atomic E-state index is 12.3. The van der Waals surface area contributed by atoms with Gasteiger partial charge in [0.2, 0.25) is 0 Å². The Hall–Kier alpha value is -1.59. The monoisotopic (exact) mass is 187 g/mol. The summed E-state index contributed by atoms with van der Waals surface area (Å²) in [6, 6.07) is 1.51. The third-order valence-electron chi connectivity index (χ3n) is 1.58. The van der Waals surface area contributed by atoms with E-state index in [0.29, 0.717) is 0 Å². The zero-order chi connectivity index (χ0) is 9.47. The topological polar surface area (TPSA) is 30.2 Å². The second-order valence-electron chi connectivity index (χ2n) is 2.44. The fourth-order valence-electron chi connectivity index (χ4n) is 1.03. The van der Waals surface area contributed by atoms with Gasteiger partial charge in [0, 0.05) is 12.4 Å². The molecule has 3 nitrogen and oxygen atoms in total. The Kier molecular flexibility index (Phi) is 1.51. The lowest BCUT2D eigenvalue weighted by atomic mass is 10.3. The third kappa shape index (κ3) is 1.24. The lowest BCUT2D eigenvalue weighted by Crippen LogP contribution is -2.04. The van der Waals surface area contributed by atoms with Crippen LogP contribution in [-0.4, -0.2) is 14.6 Å². The average molecular weight is 187 g/mol. The highest BCUT2D eigenvalue weighted by molar-refractivity contribution is 5.47. The van der Waals surface area contributed by atoms with Crippen molar-refractivity contribution in [1.82, 2.24) is 14.6 Å². The Morgan fingerprint density at radius 2 is 2.08 bits per heavy atom. The lowest BCUT2D eigenvalue weighted by molar-refractivity contribution is -0.136. The molecule has 0 aliphatic carbocycles. The van der Waals surface area contributed by atoms with Crippen molar-refractivity contribution in [3.8, 4) is 0 Å². The molecular weight excluding hydrogens is 183 g/mol. The number of alkyl halides is 3. The molecule has 2 rings (SSSR count). The molecule has 0 N–H and O–H groups in total. The molecule has 0 saturated heterocycles. The molecule has 0 aliphatic heterocycles. The molecule has 2 aromatic heterocycles. The molecule has 0 unspecified atom stereocenters. The van der Waals surface area contributed by atoms with E-state index in [0.717, 1.165) is 10.7 Å². The summed E-state index contributed by atoms with van der Waals surface area (Å²) in [7, 11) is 0. The summed E-state index contributed by atoms with van der Waals surface area (Å²) in [5, 5.41) is 3.52. The van der Waals surface area contributed by atoms with Crippen LogP contribution in [0, 0.1) is 0 Å². The van der Waals surface area contributed by atoms with Gasteiger partial charge < -0.3 is 0 Å². The molecule has 13 heavy (non-hydrogen) atoms. The van der Waals surface area contributed by atoms with Gasteiger partial charge >= 0.3 is 6.18 Å². The van der Waals surface area contributed by atoms with Gasteiger partial charge in [0.25, 0.3) is 0 Å². The molecular formula is C7H4F3N3. The fourth-order valence-corrected chi connectivity index (χ4v) is 1.03. The van der Waals surface area contributed by atoms with Crippen LogP contribution in [0.4, 0.5) is 13.2 Å². The molecule has 2 heterocycles. The summed E-state index contributed by atoms with van der Waals surface area (Å²) in [6.07, 6.45) is -0.914. The standard InChI is InChI=1S/C7H4F3N3/c8-7(9,10)5-4-12-13-3-1-2-11-6(5)13/h1-4H. The second kappa shape index (κ2) is 2.45. The van der Waals surface area contributed by atoms with Crippen LogP contribution >= 0.6 is 0 Å². The van der Waals surface area contributed by atoms with Gasteiger partial charge in [0.1, 0.15) is 5.56 Å². The third-order valence-corrected chi connectivity index (χ3v) is 1.58. The Morgan fingerprint density at radius 3 is 2.77 bits per heavy atom. The maximum Gasteiger partial charge on any atom is 0.421 e. The van der Waals surface area contributed by atoms with Crippen molar-refractivity contribution in [3.05, 3.63) is 30.2 Å². The quantitative estimate of drug-likeness (QED) is 0.628. The largest absolute Gasteiger partial charge is 0.421 e. The molecule has 2 aromatic rings. The minimum Gasteiger partial charge on any atom is -0.236 e. The van der Waals surface area contributed by atoms with Gasteiger partial charge in [-0.2, -0.15) is 18.3 Å². The van der Waals surface area contributed by atoms with Gasteiger partial charge in [0.05, 0.1) is 6.20 Å². The first-order valence-corrected chi connectivity index (χ1v) is 3.44. The van der Waals surface area contributed by atoms with E-state index in [1.54, 1.807) is 0 Å². The normalized spacial score (nSPS) is 12.2. The van der Waals surface area contributed by atoms with E-state index in [2.05, 4.69) is 10.1 Å². The predicted molar refractivity (Wildman–Crippen MR) is 38.0 cm³/mol. The smallest absolute Gasteiger partial charge is 0.236 e. The van der Waals surface area contributed by atoms with Crippen molar-refractivity contribution in [2.75, 3.05) is 0 Å². The van der Waals surface area contributed by atoms with Crippen LogP contribution in [0.15, 0.2) is 24.7 Å². The van der Waals surface area contributed by atoms with Crippen LogP contribution in [0.1, 0.15) is 5.56 Å². The molecule has 0 fully saturated rings. The van der Waals surface area contributed by atoms with Gasteiger partial charge in [-0.15, -0.1) is 0 Å². The summed E-state index contributed by atoms with van der Waals surface area (Å²) >= 11 is 0. The number of rotatable bonds is 0. The molecule has 68 valence electrons. The van der Waals surface area contributed by atoms with E-state index in [-0.39, 0.29) is 5.65 Å². The number of aromatic nitrogens is 3. The number of fused-ring (bicyclic) bond motifs is 1. The van der Waals surface area contributed by atoms with Crippen LogP contribution in [0.5, 0.6) is 0 Å². The SMILES string of the molecule is FC(F)(F)c1cnn2cccnc12. The highest BCUT2D eigenvalue weighted by atomic mass is 19.4. The highest BCUT2D eigenvalue weighted by Crippen LogP contribution is 2.31. The first kappa shape index (κ1) is 8.03. The second-order valence-corrected chi connectivity index (χ2v) is 2.44. The molecule has 0 bridgehead atoms. The molecule has 0 aliphatic rings. The van der Waals surface area contributed by atoms with E-state index in [9.17, 15) is 13.2 Å². The van der Waals surface area contributed by atoms with Gasteiger partial charge in [-0.05, 0) is 6.07 Å². The van der Waals surface area contributed by atoms with Gasteiger partial charge in [-0.1, -0.05) is 0 Å². The van der Waals surface area contributed by atoms with Crippen LogP contribution < -0.4 is 0 Å². The average Bonchev–Trinajstić information content (AvgIpc) is 2.45. The van der Waals surface area contributed by atoms with Crippen molar-refractivity contribution in [2.45, 2.75) is 6.18 Å². The molecule has 0 saturated carbocycles. The van der Waals surface area contributed by atoms with Gasteiger partial charge in [-0.25, -0.2) is 9.50 Å². The van der Waals surface area contributed by atoms with Crippen molar-refractivity contribution >= 4 is 5.65 Å². The summed E-state index contributed by atoms with van der Waals surface area (Å²) in [6.45, 7) is 0. The molecule has 0 spiro atoms. The Labute approximate surface area is 70.8 Å². The Bertz CT molecular complexity index is 432. The first-order valence-electron chi connectivity index (χ1n) is 3.44. The van der Waals surface area contributed by atoms with E-state index >= 15 is 0 Å². The number of hydrogen-bond acceptors (Lipinski definition) is 2. The van der Waals surface area contributed by atoms with Crippen LogP contribution in [0.25, 0.3) is 5.65 Å². The molecule has 0 atom stereocenters. The van der Waals surface area contributed by atoms with E-state index in [4.69, 9.17) is 0 Å². The molecule has 6 heteroatoms. The zero-order valence-corrected chi connectivity index (χ0v) is 6.28. The number of nitrogens with zero attached hydrogens (tertiary/aromatic N) is 3. The lowest BCUT2D eigenvalue weighted by Gasteiger charge is -2.01. The van der Waals surface area contributed by atoms with Crippen molar-refractivity contribution in [2.24, 2.45) is 0 Å². The molecule has 0 radical (unpaired) electrons. The summed E-state index contributed by atoms with van der Waals surface area (Å²) < 4.78 is 37.9. The fraction of sp³-hybridized carbons (Fsp3) is 0.143. The summed E-state index contributed by atoms with van der Waals surface area (Å²) in [4.78, 5) is 3.59. The van der Waals surface area contributed by atoms with Crippen molar-refractivity contribution < 1.29 is 13.2 Å². The number of halogens is 3. The minimum atomic E-state index is -4.39. The van der Waals surface area contributed by atoms with Gasteiger partial charge in [0.15, 0.2) is 5.65 Å². The zero-order valence-electron chi connectivity index (χ0n) is 6.28. The van der Waals surface area contributed by atoms with E-state index in [1.807, 2.05) is 0 Å². The molecule has 0 aromatic carbocycles. The van der Waals surface area contributed by atoms with Crippen LogP contribution in [0.3, 0.4) is 0 Å². The van der Waals surface area contributed by atoms with Crippen molar-refractivity contribution in [1.29, 1.82) is 0 Å². The molecule has 0 amide bonds. The van der Waals surface area contributed by atoms with E-state index in [1.165, 1.54) is 18.5 Å². The van der Waals surface area contributed by atoms with Crippen LogP contribution in [0.2, 0.25) is 0 Å². The van der Waals surface area contributed by atoms with E-state index < -0.39 is 11.7 Å². The highest BCUT2D eigenvalue weighted by Gasteiger charge is 2.34. The number of hydrogen-bond donors (Lipinski definition) is 0. The minimum absolute atomic E-state index is 0.171. The summed E-state index contributed by atoms with van der Waals surface area (Å²) in [5.41, 5.74) is -0.983. The first-order chi connectivity index (χ1) is 6.09. The Morgan fingerprint density at radius 1 is 1.31 bits per heavy atom. The van der Waals surface area contributed by atoms with Crippen molar-refractivity contribution in [3.63, 3.8) is 0 Å². The maximum atomic E-state index is 12.3. The Balaban J connectivity index is 2.72. The summed E-state index contributed by atoms with van der Waals surface area (Å²) in [5.74, 6) is 0. The van der Waals surface area contributed by atoms with Crippen LogP contribution in [-0.2, 0) is 6.18 Å².